The van der Waals surface area contributed by atoms with Crippen molar-refractivity contribution in [2.75, 3.05) is 0 Å². The fraction of sp³-hybridized carbons (Fsp3) is 0.658. The molecule has 1 N–H and O–H groups in total. The Bertz CT molecular complexity index is 1510. The summed E-state index contributed by atoms with van der Waals surface area (Å²) in [5.74, 6) is -1.65. The molecular formula is C38H60F2N4O6Si2. The number of pyridine rings is 2. The van der Waals surface area contributed by atoms with Crippen molar-refractivity contribution in [1.82, 2.24) is 20.2 Å². The number of carbonyl (C=O) groups excluding carboxylic acids is 3. The van der Waals surface area contributed by atoms with E-state index in [0.717, 1.165) is 4.90 Å². The van der Waals surface area contributed by atoms with Crippen molar-refractivity contribution in [3.63, 3.8) is 0 Å². The number of carbonyl (C=O) groups is 3. The minimum Gasteiger partial charge on any atom is -0.446 e. The van der Waals surface area contributed by atoms with E-state index < -0.39 is 70.7 Å². The Hall–Kier alpha value is -3.08. The van der Waals surface area contributed by atoms with Crippen LogP contribution in [-0.2, 0) is 23.2 Å². The van der Waals surface area contributed by atoms with Gasteiger partial charge in [0.25, 0.3) is 11.8 Å². The molecule has 2 aromatic heterocycles. The van der Waals surface area contributed by atoms with Gasteiger partial charge in [-0.05, 0) is 71.4 Å². The first-order valence-electron chi connectivity index (χ1n) is 18.6. The van der Waals surface area contributed by atoms with Gasteiger partial charge in [-0.25, -0.2) is 18.5 Å². The lowest BCUT2D eigenvalue weighted by Gasteiger charge is -2.51. The Kier molecular flexibility index (Phi) is 14.5. The molecule has 0 aliphatic carbocycles. The van der Waals surface area contributed by atoms with E-state index in [0.29, 0.717) is 16.6 Å². The maximum absolute atomic E-state index is 14.6. The van der Waals surface area contributed by atoms with Crippen LogP contribution < -0.4 is 5.32 Å². The summed E-state index contributed by atoms with van der Waals surface area (Å²) in [5.41, 5.74) is 2.09. The van der Waals surface area contributed by atoms with Gasteiger partial charge in [0.1, 0.15) is 35.1 Å². The third-order valence-electron chi connectivity index (χ3n) is 10.7. The molecule has 14 heteroatoms. The second-order valence-corrected chi connectivity index (χ2v) is 26.8. The first kappa shape index (κ1) is 43.3. The molecule has 10 nitrogen and oxygen atoms in total. The van der Waals surface area contributed by atoms with Gasteiger partial charge in [0.2, 0.25) is 16.6 Å². The average molecular weight is 763 g/mol. The zero-order valence-corrected chi connectivity index (χ0v) is 35.4. The highest BCUT2D eigenvalue weighted by Crippen LogP contribution is 2.48. The summed E-state index contributed by atoms with van der Waals surface area (Å²) in [6.45, 7) is 29.0. The molecule has 52 heavy (non-hydrogen) atoms. The average Bonchev–Trinajstić information content (AvgIpc) is 3.02. The number of ether oxygens (including phenoxy) is 1. The second-order valence-electron chi connectivity index (χ2n) is 16.0. The molecule has 2 aliphatic heterocycles. The third kappa shape index (κ3) is 8.34. The highest BCUT2D eigenvalue weighted by molar-refractivity contribution is 6.78. The lowest BCUT2D eigenvalue weighted by atomic mass is 9.95. The first-order valence-corrected chi connectivity index (χ1v) is 22.8. The van der Waals surface area contributed by atoms with Crippen molar-refractivity contribution in [3.05, 3.63) is 59.7 Å². The van der Waals surface area contributed by atoms with Gasteiger partial charge in [0, 0.05) is 12.4 Å². The van der Waals surface area contributed by atoms with E-state index in [1.54, 1.807) is 19.9 Å². The summed E-state index contributed by atoms with van der Waals surface area (Å²) in [4.78, 5) is 46.8. The molecule has 0 aromatic carbocycles. The molecule has 0 spiro atoms. The zero-order chi connectivity index (χ0) is 39.5. The monoisotopic (exact) mass is 762 g/mol. The Balaban J connectivity index is 0.000000288. The van der Waals surface area contributed by atoms with Crippen molar-refractivity contribution >= 4 is 34.5 Å². The molecule has 3 amide bonds. The molecule has 2 fully saturated rings. The maximum Gasteiger partial charge on any atom is 0.417 e. The number of likely N-dealkylation sites (tertiary alicyclic amines) is 1. The number of nitrogens with one attached hydrogen (secondary N) is 1. The number of nitrogens with zero attached hydrogens (tertiary/aromatic N) is 3. The van der Waals surface area contributed by atoms with Crippen molar-refractivity contribution in [2.45, 2.75) is 161 Å². The number of hydrogen-bond acceptors (Lipinski definition) is 8. The van der Waals surface area contributed by atoms with Gasteiger partial charge in [0.05, 0.1) is 6.10 Å². The molecule has 2 saturated heterocycles. The standard InChI is InChI=1S/C21H33FN2O4Si.C17H27FN2O2Si/c1-12(2)27-21(26)24-18(17-16(22)10-9-11-23-17)19(20(24)25)28-29(13(3)4,14(5)6)15(7)8;1-10(2)23(11(3)4,12(5)6)22-16-15(20-17(16)21)14-13(18)8-7-9-19-14/h9-15,18-19H,1-8H3;7-12,15-16H,1-6H3,(H,20,21)/t18-,19+;15-,16+/m00/s1. The molecule has 0 bridgehead atoms. The van der Waals surface area contributed by atoms with Crippen LogP contribution in [0.4, 0.5) is 13.6 Å². The van der Waals surface area contributed by atoms with Gasteiger partial charge in [-0.15, -0.1) is 0 Å². The molecule has 4 heterocycles. The quantitative estimate of drug-likeness (QED) is 0.159. The highest BCUT2D eigenvalue weighted by atomic mass is 28.4. The fourth-order valence-corrected chi connectivity index (χ4v) is 19.5. The Morgan fingerprint density at radius 2 is 1.10 bits per heavy atom. The Morgan fingerprint density at radius 1 is 0.692 bits per heavy atom. The molecule has 0 radical (unpaired) electrons. The van der Waals surface area contributed by atoms with Gasteiger partial charge in [-0.2, -0.15) is 0 Å². The lowest BCUT2D eigenvalue weighted by molar-refractivity contribution is -0.162. The van der Waals surface area contributed by atoms with Crippen LogP contribution in [0.25, 0.3) is 0 Å². The molecule has 0 saturated carbocycles. The van der Waals surface area contributed by atoms with Crippen LogP contribution in [0.2, 0.25) is 33.2 Å². The van der Waals surface area contributed by atoms with E-state index in [9.17, 15) is 23.2 Å². The topological polar surface area (TPSA) is 120 Å². The van der Waals surface area contributed by atoms with Crippen LogP contribution in [-0.4, -0.2) is 67.7 Å². The number of hydrogen-bond donors (Lipinski definition) is 1. The van der Waals surface area contributed by atoms with E-state index in [4.69, 9.17) is 13.6 Å². The summed E-state index contributed by atoms with van der Waals surface area (Å²) < 4.78 is 46.9. The summed E-state index contributed by atoms with van der Waals surface area (Å²) in [5, 5.41) is 2.75. The van der Waals surface area contributed by atoms with Gasteiger partial charge in [-0.3, -0.25) is 19.6 Å². The van der Waals surface area contributed by atoms with Gasteiger partial charge in [0.15, 0.2) is 12.2 Å². The normalized spacial score (nSPS) is 20.8. The van der Waals surface area contributed by atoms with Crippen LogP contribution in [0.1, 0.15) is 120 Å². The molecule has 4 rings (SSSR count). The number of imide groups is 1. The minimum atomic E-state index is -2.44. The van der Waals surface area contributed by atoms with Crippen LogP contribution in [0.15, 0.2) is 36.7 Å². The van der Waals surface area contributed by atoms with Crippen LogP contribution in [0.5, 0.6) is 0 Å². The smallest absolute Gasteiger partial charge is 0.417 e. The first-order chi connectivity index (χ1) is 24.2. The third-order valence-corrected chi connectivity index (χ3v) is 22.8. The van der Waals surface area contributed by atoms with Crippen LogP contribution in [0.3, 0.4) is 0 Å². The van der Waals surface area contributed by atoms with Gasteiger partial charge < -0.3 is 18.9 Å². The SMILES string of the molecule is CC(C)OC(=O)N1C(=O)[C@H](O[Si](C(C)C)(C(C)C)C(C)C)[C@@H]1c1ncccc1F.CC(C)[Si](O[C@H]1C(=O)N[C@H]1c1ncccc1F)(C(C)C)C(C)C. The van der Waals surface area contributed by atoms with E-state index in [1.165, 1.54) is 30.6 Å². The van der Waals surface area contributed by atoms with E-state index in [2.05, 4.69) is 98.4 Å². The van der Waals surface area contributed by atoms with Crippen molar-refractivity contribution in [3.8, 4) is 0 Å². The molecular weight excluding hydrogens is 703 g/mol. The molecule has 0 unspecified atom stereocenters. The molecule has 4 atom stereocenters. The largest absolute Gasteiger partial charge is 0.446 e. The summed E-state index contributed by atoms with van der Waals surface area (Å²) >= 11 is 0. The number of rotatable bonds is 13. The predicted molar refractivity (Wildman–Crippen MR) is 202 cm³/mol. The lowest BCUT2D eigenvalue weighted by Crippen LogP contribution is -2.66. The van der Waals surface area contributed by atoms with Gasteiger partial charge >= 0.3 is 6.09 Å². The van der Waals surface area contributed by atoms with E-state index in [-0.39, 0.29) is 33.9 Å². The van der Waals surface area contributed by atoms with Crippen molar-refractivity contribution < 1.29 is 36.8 Å². The minimum absolute atomic E-state index is 0.0250. The van der Waals surface area contributed by atoms with E-state index in [1.807, 2.05) is 0 Å². The summed E-state index contributed by atoms with van der Waals surface area (Å²) in [7, 11) is -4.65. The Labute approximate surface area is 311 Å². The predicted octanol–water partition coefficient (Wildman–Crippen LogP) is 9.16. The van der Waals surface area contributed by atoms with Gasteiger partial charge in [-0.1, -0.05) is 83.1 Å². The van der Waals surface area contributed by atoms with Crippen LogP contribution in [0, 0.1) is 11.6 Å². The van der Waals surface area contributed by atoms with E-state index >= 15 is 0 Å². The van der Waals surface area contributed by atoms with Crippen molar-refractivity contribution in [2.24, 2.45) is 0 Å². The number of halogens is 2. The highest BCUT2D eigenvalue weighted by Gasteiger charge is 2.60. The van der Waals surface area contributed by atoms with Crippen LogP contribution >= 0.6 is 0 Å². The second kappa shape index (κ2) is 17.4. The number of aromatic nitrogens is 2. The molecule has 2 aromatic rings. The number of β-lactam (4-membered cyclic amide) rings is 2. The zero-order valence-electron chi connectivity index (χ0n) is 33.4. The summed E-state index contributed by atoms with van der Waals surface area (Å²) in [6.07, 6.45) is 0.197. The fourth-order valence-electron chi connectivity index (χ4n) is 8.50. The maximum atomic E-state index is 14.6. The summed E-state index contributed by atoms with van der Waals surface area (Å²) in [6, 6.07) is 4.23. The molecule has 2 aliphatic rings. The number of amides is 3. The Morgan fingerprint density at radius 3 is 1.46 bits per heavy atom. The molecule has 290 valence electrons. The van der Waals surface area contributed by atoms with Crippen molar-refractivity contribution in [1.29, 1.82) is 0 Å².